The molecule has 2 heterocycles. The van der Waals surface area contributed by atoms with Gasteiger partial charge in [-0.15, -0.1) is 11.3 Å². The Labute approximate surface area is 160 Å². The van der Waals surface area contributed by atoms with Crippen LogP contribution in [0.5, 0.6) is 5.88 Å². The molecular formula is C19H21FN4O2S. The monoisotopic (exact) mass is 388 g/mol. The topological polar surface area (TPSA) is 90.1 Å². The molecule has 1 amide bonds. The first kappa shape index (κ1) is 17.9. The minimum absolute atomic E-state index is 0.260. The molecule has 0 unspecified atom stereocenters. The van der Waals surface area contributed by atoms with Crippen LogP contribution in [0.25, 0.3) is 0 Å². The molecule has 142 valence electrons. The van der Waals surface area contributed by atoms with E-state index in [4.69, 9.17) is 10.5 Å². The van der Waals surface area contributed by atoms with Gasteiger partial charge in [-0.05, 0) is 49.2 Å². The number of amides is 1. The maximum absolute atomic E-state index is 13.5. The molecule has 0 aromatic carbocycles. The number of pyridine rings is 1. The van der Waals surface area contributed by atoms with Crippen molar-refractivity contribution in [3.63, 3.8) is 0 Å². The van der Waals surface area contributed by atoms with Gasteiger partial charge in [-0.3, -0.25) is 4.79 Å². The maximum Gasteiger partial charge on any atom is 0.272 e. The van der Waals surface area contributed by atoms with Crippen LogP contribution in [0.2, 0.25) is 0 Å². The zero-order valence-corrected chi connectivity index (χ0v) is 15.8. The normalized spacial score (nSPS) is 16.1. The molecule has 2 fully saturated rings. The average Bonchev–Trinajstić information content (AvgIpc) is 3.57. The summed E-state index contributed by atoms with van der Waals surface area (Å²) in [6.45, 7) is 0. The Kier molecular flexibility index (Phi) is 4.82. The Hall–Kier alpha value is -2.48. The van der Waals surface area contributed by atoms with E-state index >= 15 is 0 Å². The lowest BCUT2D eigenvalue weighted by Gasteiger charge is -2.10. The fourth-order valence-corrected chi connectivity index (χ4v) is 4.10. The number of nitrogens with zero attached hydrogens (tertiary/aromatic N) is 2. The van der Waals surface area contributed by atoms with Crippen molar-refractivity contribution in [1.82, 2.24) is 9.97 Å². The number of thiazole rings is 1. The van der Waals surface area contributed by atoms with E-state index in [1.165, 1.54) is 24.5 Å². The number of nitrogens with one attached hydrogen (secondary N) is 1. The molecular weight excluding hydrogens is 367 g/mol. The quantitative estimate of drug-likeness (QED) is 0.711. The number of methoxy groups -OCH3 is 1. The predicted molar refractivity (Wildman–Crippen MR) is 101 cm³/mol. The van der Waals surface area contributed by atoms with Gasteiger partial charge in [0.05, 0.1) is 30.2 Å². The van der Waals surface area contributed by atoms with Gasteiger partial charge < -0.3 is 15.8 Å². The standard InChI is InChI=1S/C19H21FN4O2S/c1-26-19-12(6-13(20)8-23-19)7-14-22-9-15(27-14)24-18(25)17(21)16(10-2-3-10)11-4-5-11/h6,8-11H,2-5,7,21H2,1H3,(H,24,25). The zero-order chi connectivity index (χ0) is 19.0. The van der Waals surface area contributed by atoms with E-state index in [-0.39, 0.29) is 5.91 Å². The molecule has 2 aromatic heterocycles. The number of rotatable bonds is 7. The molecule has 2 saturated carbocycles. The highest BCUT2D eigenvalue weighted by Crippen LogP contribution is 2.49. The highest BCUT2D eigenvalue weighted by atomic mass is 32.1. The summed E-state index contributed by atoms with van der Waals surface area (Å²) in [5, 5.41) is 4.19. The van der Waals surface area contributed by atoms with Gasteiger partial charge in [-0.1, -0.05) is 0 Å². The molecule has 3 N–H and O–H groups in total. The summed E-state index contributed by atoms with van der Waals surface area (Å²) in [4.78, 5) is 20.8. The van der Waals surface area contributed by atoms with E-state index in [2.05, 4.69) is 15.3 Å². The van der Waals surface area contributed by atoms with Crippen molar-refractivity contribution in [2.45, 2.75) is 32.1 Å². The summed E-state index contributed by atoms with van der Waals surface area (Å²) < 4.78 is 18.6. The first-order chi connectivity index (χ1) is 13.0. The lowest BCUT2D eigenvalue weighted by Crippen LogP contribution is -2.22. The number of nitrogens with two attached hydrogens (primary N) is 1. The Balaban J connectivity index is 1.46. The third-order valence-corrected chi connectivity index (χ3v) is 5.72. The smallest absolute Gasteiger partial charge is 0.272 e. The molecule has 2 aliphatic rings. The third-order valence-electron chi connectivity index (χ3n) is 4.81. The SMILES string of the molecule is COc1ncc(F)cc1Cc1ncc(NC(=O)C(N)=C(C2CC2)C2CC2)s1. The first-order valence-corrected chi connectivity index (χ1v) is 9.80. The van der Waals surface area contributed by atoms with Crippen molar-refractivity contribution in [3.05, 3.63) is 46.1 Å². The van der Waals surface area contributed by atoms with Crippen molar-refractivity contribution >= 4 is 22.2 Å². The second kappa shape index (κ2) is 7.26. The summed E-state index contributed by atoms with van der Waals surface area (Å²) >= 11 is 1.33. The fourth-order valence-electron chi connectivity index (χ4n) is 3.26. The molecule has 4 rings (SSSR count). The number of carbonyl (C=O) groups excluding carboxylic acids is 1. The minimum atomic E-state index is -0.429. The summed E-state index contributed by atoms with van der Waals surface area (Å²) in [5.74, 6) is 0.662. The van der Waals surface area contributed by atoms with Gasteiger partial charge in [0.1, 0.15) is 10.8 Å². The van der Waals surface area contributed by atoms with Gasteiger partial charge in [0.15, 0.2) is 0 Å². The van der Waals surface area contributed by atoms with Crippen LogP contribution in [0.15, 0.2) is 29.7 Å². The van der Waals surface area contributed by atoms with Crippen LogP contribution >= 0.6 is 11.3 Å². The molecule has 8 heteroatoms. The molecule has 2 aromatic rings. The van der Waals surface area contributed by atoms with Gasteiger partial charge in [0.2, 0.25) is 5.88 Å². The van der Waals surface area contributed by atoms with E-state index in [9.17, 15) is 9.18 Å². The molecule has 2 aliphatic carbocycles. The number of carbonyl (C=O) groups is 1. The summed E-state index contributed by atoms with van der Waals surface area (Å²) in [7, 11) is 1.49. The van der Waals surface area contributed by atoms with Gasteiger partial charge in [0, 0.05) is 12.0 Å². The molecule has 0 saturated heterocycles. The van der Waals surface area contributed by atoms with E-state index in [1.54, 1.807) is 6.20 Å². The Morgan fingerprint density at radius 1 is 1.30 bits per heavy atom. The van der Waals surface area contributed by atoms with Crippen LogP contribution in [0, 0.1) is 17.7 Å². The van der Waals surface area contributed by atoms with E-state index in [1.807, 2.05) is 0 Å². The van der Waals surface area contributed by atoms with Crippen LogP contribution in [-0.4, -0.2) is 23.0 Å². The molecule has 27 heavy (non-hydrogen) atoms. The molecule has 0 atom stereocenters. The van der Waals surface area contributed by atoms with Crippen LogP contribution in [0.3, 0.4) is 0 Å². The number of allylic oxidation sites excluding steroid dienone is 1. The third kappa shape index (κ3) is 4.10. The lowest BCUT2D eigenvalue weighted by molar-refractivity contribution is -0.113. The zero-order valence-electron chi connectivity index (χ0n) is 15.0. The van der Waals surface area contributed by atoms with Gasteiger partial charge in [-0.2, -0.15) is 0 Å². The summed E-state index contributed by atoms with van der Waals surface area (Å²) in [6, 6.07) is 1.38. The number of halogens is 1. The Bertz CT molecular complexity index is 889. The Morgan fingerprint density at radius 2 is 2.00 bits per heavy atom. The van der Waals surface area contributed by atoms with Crippen molar-refractivity contribution in [1.29, 1.82) is 0 Å². The second-order valence-corrected chi connectivity index (χ2v) is 8.10. The van der Waals surface area contributed by atoms with Crippen LogP contribution < -0.4 is 15.8 Å². The predicted octanol–water partition coefficient (Wildman–Crippen LogP) is 3.25. The van der Waals surface area contributed by atoms with Gasteiger partial charge in [-0.25, -0.2) is 14.4 Å². The molecule has 0 radical (unpaired) electrons. The number of hydrogen-bond acceptors (Lipinski definition) is 6. The number of anilines is 1. The molecule has 6 nitrogen and oxygen atoms in total. The number of hydrogen-bond donors (Lipinski definition) is 2. The molecule has 0 bridgehead atoms. The van der Waals surface area contributed by atoms with E-state index in [0.717, 1.165) is 42.5 Å². The molecule has 0 spiro atoms. The van der Waals surface area contributed by atoms with Crippen molar-refractivity contribution < 1.29 is 13.9 Å². The fraction of sp³-hybridized carbons (Fsp3) is 0.421. The van der Waals surface area contributed by atoms with E-state index < -0.39 is 5.82 Å². The Morgan fingerprint density at radius 3 is 2.63 bits per heavy atom. The van der Waals surface area contributed by atoms with Crippen LogP contribution in [-0.2, 0) is 11.2 Å². The molecule has 0 aliphatic heterocycles. The first-order valence-electron chi connectivity index (χ1n) is 8.99. The van der Waals surface area contributed by atoms with Gasteiger partial charge in [0.25, 0.3) is 5.91 Å². The average molecular weight is 388 g/mol. The summed E-state index contributed by atoms with van der Waals surface area (Å²) in [5.41, 5.74) is 8.28. The lowest BCUT2D eigenvalue weighted by atomic mass is 10.0. The van der Waals surface area contributed by atoms with E-state index in [0.29, 0.717) is 40.4 Å². The number of ether oxygens (including phenoxy) is 1. The van der Waals surface area contributed by atoms with Crippen molar-refractivity contribution in [3.8, 4) is 5.88 Å². The van der Waals surface area contributed by atoms with Crippen LogP contribution in [0.1, 0.15) is 36.3 Å². The van der Waals surface area contributed by atoms with Crippen molar-refractivity contribution in [2.75, 3.05) is 12.4 Å². The second-order valence-electron chi connectivity index (χ2n) is 6.99. The highest BCUT2D eigenvalue weighted by molar-refractivity contribution is 7.15. The van der Waals surface area contributed by atoms with Crippen LogP contribution in [0.4, 0.5) is 9.39 Å². The highest BCUT2D eigenvalue weighted by Gasteiger charge is 2.39. The maximum atomic E-state index is 13.5. The largest absolute Gasteiger partial charge is 0.481 e. The van der Waals surface area contributed by atoms with Crippen molar-refractivity contribution in [2.24, 2.45) is 17.6 Å². The summed E-state index contributed by atoms with van der Waals surface area (Å²) in [6.07, 6.45) is 7.61. The van der Waals surface area contributed by atoms with Gasteiger partial charge >= 0.3 is 0 Å². The number of aromatic nitrogens is 2. The minimum Gasteiger partial charge on any atom is -0.481 e.